The molecule has 2 aliphatic rings. The molecule has 1 saturated heterocycles. The minimum Gasteiger partial charge on any atom is -0.362 e. The summed E-state index contributed by atoms with van der Waals surface area (Å²) in [4.78, 5) is 37.3. The number of amides is 2. The van der Waals surface area contributed by atoms with Crippen molar-refractivity contribution in [3.63, 3.8) is 0 Å². The van der Waals surface area contributed by atoms with Crippen LogP contribution in [0.4, 0.5) is 11.4 Å². The first kappa shape index (κ1) is 19.5. The number of nitrogens with one attached hydrogen (secondary N) is 2. The van der Waals surface area contributed by atoms with Gasteiger partial charge in [-0.2, -0.15) is 0 Å². The van der Waals surface area contributed by atoms with E-state index in [4.69, 9.17) is 23.2 Å². The average Bonchev–Trinajstić information content (AvgIpc) is 2.70. The fourth-order valence-electron chi connectivity index (χ4n) is 3.70. The maximum Gasteiger partial charge on any atom is 0.269 e. The molecule has 2 N–H and O–H groups in total. The molecule has 4 rings (SSSR count). The lowest BCUT2D eigenvalue weighted by Crippen LogP contribution is -2.62. The standard InChI is InChI=1S/C19H16Cl2N4O4/c20-13-5-6-14-15(16(13)21)17(26)23-19(22-14)7-9-24(10-8-19)18(27)11-1-3-12(4-2-11)25(28)29/h1-6,22H,7-10H2,(H,23,26). The van der Waals surface area contributed by atoms with E-state index >= 15 is 0 Å². The number of halogens is 2. The maximum absolute atomic E-state index is 12.7. The van der Waals surface area contributed by atoms with Crippen LogP contribution in [0.5, 0.6) is 0 Å². The summed E-state index contributed by atoms with van der Waals surface area (Å²) in [6.45, 7) is 0.833. The van der Waals surface area contributed by atoms with Gasteiger partial charge in [-0.3, -0.25) is 19.7 Å². The molecule has 150 valence electrons. The highest BCUT2D eigenvalue weighted by Gasteiger charge is 2.42. The van der Waals surface area contributed by atoms with Gasteiger partial charge in [0.15, 0.2) is 0 Å². The molecule has 8 nitrogen and oxygen atoms in total. The third-order valence-corrected chi connectivity index (χ3v) is 6.08. The van der Waals surface area contributed by atoms with Gasteiger partial charge in [0, 0.05) is 43.6 Å². The minimum absolute atomic E-state index is 0.0642. The molecule has 1 spiro atoms. The Morgan fingerprint density at radius 3 is 2.34 bits per heavy atom. The number of nitro groups is 1. The van der Waals surface area contributed by atoms with Crippen LogP contribution in [0, 0.1) is 10.1 Å². The number of hydrogen-bond acceptors (Lipinski definition) is 5. The zero-order valence-electron chi connectivity index (χ0n) is 15.1. The van der Waals surface area contributed by atoms with Crippen LogP contribution in [0.3, 0.4) is 0 Å². The summed E-state index contributed by atoms with van der Waals surface area (Å²) >= 11 is 12.2. The van der Waals surface area contributed by atoms with Crippen LogP contribution in [0.25, 0.3) is 0 Å². The Hall–Kier alpha value is -2.84. The number of nitrogens with zero attached hydrogens (tertiary/aromatic N) is 2. The molecule has 2 aliphatic heterocycles. The Morgan fingerprint density at radius 1 is 1.07 bits per heavy atom. The molecule has 0 bridgehead atoms. The van der Waals surface area contributed by atoms with E-state index < -0.39 is 10.6 Å². The van der Waals surface area contributed by atoms with Gasteiger partial charge in [-0.25, -0.2) is 0 Å². The molecular weight excluding hydrogens is 419 g/mol. The number of fused-ring (bicyclic) bond motifs is 1. The van der Waals surface area contributed by atoms with Crippen molar-refractivity contribution in [2.45, 2.75) is 18.5 Å². The summed E-state index contributed by atoms with van der Waals surface area (Å²) in [5.41, 5.74) is 0.574. The van der Waals surface area contributed by atoms with Crippen LogP contribution in [0.2, 0.25) is 10.0 Å². The summed E-state index contributed by atoms with van der Waals surface area (Å²) in [5, 5.41) is 17.6. The molecule has 0 atom stereocenters. The van der Waals surface area contributed by atoms with Crippen LogP contribution < -0.4 is 10.6 Å². The number of anilines is 1. The van der Waals surface area contributed by atoms with Gasteiger partial charge in [0.2, 0.25) is 0 Å². The summed E-state index contributed by atoms with van der Waals surface area (Å²) in [6, 6.07) is 8.88. The van der Waals surface area contributed by atoms with Gasteiger partial charge < -0.3 is 15.5 Å². The lowest BCUT2D eigenvalue weighted by Gasteiger charge is -2.46. The van der Waals surface area contributed by atoms with Gasteiger partial charge in [0.05, 0.1) is 26.2 Å². The molecule has 2 aromatic rings. The molecule has 29 heavy (non-hydrogen) atoms. The molecule has 2 amide bonds. The van der Waals surface area contributed by atoms with Crippen molar-refractivity contribution in [1.82, 2.24) is 10.2 Å². The van der Waals surface area contributed by atoms with Crippen molar-refractivity contribution < 1.29 is 14.5 Å². The Labute approximate surface area is 175 Å². The Morgan fingerprint density at radius 2 is 1.72 bits per heavy atom. The predicted molar refractivity (Wildman–Crippen MR) is 109 cm³/mol. The van der Waals surface area contributed by atoms with Crippen molar-refractivity contribution in [1.29, 1.82) is 0 Å². The third kappa shape index (κ3) is 3.49. The molecule has 1 fully saturated rings. The quantitative estimate of drug-likeness (QED) is 0.553. The van der Waals surface area contributed by atoms with E-state index in [2.05, 4.69) is 10.6 Å². The third-order valence-electron chi connectivity index (χ3n) is 5.28. The van der Waals surface area contributed by atoms with Gasteiger partial charge in [-0.1, -0.05) is 23.2 Å². The first-order valence-corrected chi connectivity index (χ1v) is 9.68. The Kier molecular flexibility index (Phi) is 4.84. The second kappa shape index (κ2) is 7.20. The van der Waals surface area contributed by atoms with Crippen LogP contribution in [-0.2, 0) is 0 Å². The normalized spacial score (nSPS) is 17.3. The fraction of sp³-hybridized carbons (Fsp3) is 0.263. The monoisotopic (exact) mass is 434 g/mol. The van der Waals surface area contributed by atoms with E-state index in [9.17, 15) is 19.7 Å². The number of piperidine rings is 1. The smallest absolute Gasteiger partial charge is 0.269 e. The van der Waals surface area contributed by atoms with Crippen molar-refractivity contribution in [2.24, 2.45) is 0 Å². The van der Waals surface area contributed by atoms with Gasteiger partial charge >= 0.3 is 0 Å². The zero-order valence-corrected chi connectivity index (χ0v) is 16.6. The van der Waals surface area contributed by atoms with E-state index in [1.54, 1.807) is 17.0 Å². The maximum atomic E-state index is 12.7. The topological polar surface area (TPSA) is 105 Å². The van der Waals surface area contributed by atoms with Crippen molar-refractivity contribution in [3.8, 4) is 0 Å². The fourth-order valence-corrected chi connectivity index (χ4v) is 4.10. The first-order valence-electron chi connectivity index (χ1n) is 8.92. The van der Waals surface area contributed by atoms with E-state index in [0.29, 0.717) is 47.8 Å². The molecule has 10 heteroatoms. The van der Waals surface area contributed by atoms with Crippen LogP contribution in [0.1, 0.15) is 33.6 Å². The SMILES string of the molecule is O=C1NC2(CCN(C(=O)c3ccc([N+](=O)[O-])cc3)CC2)Nc2ccc(Cl)c(Cl)c21. The van der Waals surface area contributed by atoms with Gasteiger partial charge in [-0.05, 0) is 24.3 Å². The molecule has 2 aromatic carbocycles. The average molecular weight is 435 g/mol. The molecule has 0 radical (unpaired) electrons. The first-order chi connectivity index (χ1) is 13.8. The summed E-state index contributed by atoms with van der Waals surface area (Å²) in [7, 11) is 0. The molecule has 2 heterocycles. The molecule has 0 aliphatic carbocycles. The summed E-state index contributed by atoms with van der Waals surface area (Å²) in [5.74, 6) is -0.506. The minimum atomic E-state index is -0.673. The second-order valence-corrected chi connectivity index (χ2v) is 7.83. The summed E-state index contributed by atoms with van der Waals surface area (Å²) < 4.78 is 0. The number of likely N-dealkylation sites (tertiary alicyclic amines) is 1. The number of carbonyl (C=O) groups is 2. The van der Waals surface area contributed by atoms with E-state index in [1.807, 2.05) is 0 Å². The highest BCUT2D eigenvalue weighted by molar-refractivity contribution is 6.44. The number of rotatable bonds is 2. The highest BCUT2D eigenvalue weighted by Crippen LogP contribution is 2.38. The van der Waals surface area contributed by atoms with Gasteiger partial charge in [0.25, 0.3) is 17.5 Å². The number of benzene rings is 2. The number of non-ortho nitro benzene ring substituents is 1. The largest absolute Gasteiger partial charge is 0.362 e. The number of nitro benzene ring substituents is 1. The Bertz CT molecular complexity index is 1020. The van der Waals surface area contributed by atoms with Crippen LogP contribution >= 0.6 is 23.2 Å². The molecule has 0 unspecified atom stereocenters. The van der Waals surface area contributed by atoms with E-state index in [-0.39, 0.29) is 22.5 Å². The highest BCUT2D eigenvalue weighted by atomic mass is 35.5. The molecule has 0 aromatic heterocycles. The second-order valence-electron chi connectivity index (χ2n) is 7.04. The molecule has 0 saturated carbocycles. The summed E-state index contributed by atoms with van der Waals surface area (Å²) in [6.07, 6.45) is 0.994. The van der Waals surface area contributed by atoms with Crippen LogP contribution in [-0.4, -0.2) is 40.4 Å². The van der Waals surface area contributed by atoms with E-state index in [0.717, 1.165) is 0 Å². The number of carbonyl (C=O) groups excluding carboxylic acids is 2. The van der Waals surface area contributed by atoms with Crippen molar-refractivity contribution in [3.05, 3.63) is 67.7 Å². The van der Waals surface area contributed by atoms with Crippen LogP contribution in [0.15, 0.2) is 36.4 Å². The predicted octanol–water partition coefficient (Wildman–Crippen LogP) is 3.69. The number of hydrogen-bond donors (Lipinski definition) is 2. The van der Waals surface area contributed by atoms with Crippen molar-refractivity contribution >= 4 is 46.4 Å². The van der Waals surface area contributed by atoms with Gasteiger partial charge in [-0.15, -0.1) is 0 Å². The lowest BCUT2D eigenvalue weighted by atomic mass is 9.92. The van der Waals surface area contributed by atoms with Crippen molar-refractivity contribution in [2.75, 3.05) is 18.4 Å². The van der Waals surface area contributed by atoms with Gasteiger partial charge in [0.1, 0.15) is 5.66 Å². The van der Waals surface area contributed by atoms with E-state index in [1.165, 1.54) is 24.3 Å². The lowest BCUT2D eigenvalue weighted by molar-refractivity contribution is -0.384. The molecular formula is C19H16Cl2N4O4. The zero-order chi connectivity index (χ0) is 20.8. The Balaban J connectivity index is 1.48.